The topological polar surface area (TPSA) is 35.5 Å². The standard InChI is InChI=1S/C15H13FO3/c1-11-4-2-3-5-14(11)18-10-15(17)19-13-8-6-12(16)7-9-13/h2-9H,10H2,1H3. The lowest BCUT2D eigenvalue weighted by molar-refractivity contribution is -0.136. The first kappa shape index (κ1) is 13.1. The SMILES string of the molecule is Cc1ccccc1OCC(=O)Oc1ccc(F)cc1. The molecule has 2 rings (SSSR count). The maximum Gasteiger partial charge on any atom is 0.349 e. The molecule has 0 radical (unpaired) electrons. The van der Waals surface area contributed by atoms with Gasteiger partial charge in [-0.05, 0) is 42.8 Å². The van der Waals surface area contributed by atoms with Crippen LogP contribution in [0.15, 0.2) is 48.5 Å². The van der Waals surface area contributed by atoms with Crippen LogP contribution in [0.1, 0.15) is 5.56 Å². The number of benzene rings is 2. The van der Waals surface area contributed by atoms with Gasteiger partial charge in [-0.3, -0.25) is 0 Å². The Kier molecular flexibility index (Phi) is 4.13. The van der Waals surface area contributed by atoms with E-state index in [1.807, 2.05) is 25.1 Å². The van der Waals surface area contributed by atoms with Gasteiger partial charge >= 0.3 is 5.97 Å². The van der Waals surface area contributed by atoms with Gasteiger partial charge in [-0.15, -0.1) is 0 Å². The third-order valence-corrected chi connectivity index (χ3v) is 2.48. The fourth-order valence-corrected chi connectivity index (χ4v) is 1.52. The zero-order valence-corrected chi connectivity index (χ0v) is 10.4. The fourth-order valence-electron chi connectivity index (χ4n) is 1.52. The minimum atomic E-state index is -0.533. The van der Waals surface area contributed by atoms with E-state index in [0.717, 1.165) is 5.56 Å². The van der Waals surface area contributed by atoms with Gasteiger partial charge in [0.2, 0.25) is 0 Å². The highest BCUT2D eigenvalue weighted by atomic mass is 19.1. The summed E-state index contributed by atoms with van der Waals surface area (Å²) in [6, 6.07) is 12.6. The van der Waals surface area contributed by atoms with Crippen molar-refractivity contribution in [3.05, 3.63) is 59.9 Å². The predicted octanol–water partition coefficient (Wildman–Crippen LogP) is 3.12. The third kappa shape index (κ3) is 3.81. The number of carbonyl (C=O) groups excluding carboxylic acids is 1. The van der Waals surface area contributed by atoms with Crippen molar-refractivity contribution in [2.45, 2.75) is 6.92 Å². The molecule has 0 atom stereocenters. The minimum Gasteiger partial charge on any atom is -0.482 e. The molecule has 0 aliphatic rings. The van der Waals surface area contributed by atoms with Crippen molar-refractivity contribution in [1.29, 1.82) is 0 Å². The summed E-state index contributed by atoms with van der Waals surface area (Å²) in [5.41, 5.74) is 0.942. The van der Waals surface area contributed by atoms with Crippen molar-refractivity contribution in [3.8, 4) is 11.5 Å². The van der Waals surface area contributed by atoms with Crippen LogP contribution in [-0.4, -0.2) is 12.6 Å². The smallest absolute Gasteiger partial charge is 0.349 e. The molecule has 0 N–H and O–H groups in total. The van der Waals surface area contributed by atoms with Crippen LogP contribution in [0.4, 0.5) is 4.39 Å². The van der Waals surface area contributed by atoms with E-state index in [-0.39, 0.29) is 12.4 Å². The second-order valence-electron chi connectivity index (χ2n) is 3.98. The predicted molar refractivity (Wildman–Crippen MR) is 68.7 cm³/mol. The first-order chi connectivity index (χ1) is 9.15. The zero-order chi connectivity index (χ0) is 13.7. The van der Waals surface area contributed by atoms with E-state index in [1.54, 1.807) is 6.07 Å². The van der Waals surface area contributed by atoms with E-state index in [2.05, 4.69) is 0 Å². The fraction of sp³-hybridized carbons (Fsp3) is 0.133. The molecule has 4 heteroatoms. The van der Waals surface area contributed by atoms with Crippen LogP contribution in [-0.2, 0) is 4.79 Å². The Balaban J connectivity index is 1.88. The van der Waals surface area contributed by atoms with Gasteiger partial charge < -0.3 is 9.47 Å². The number of carbonyl (C=O) groups is 1. The molecule has 0 saturated heterocycles. The molecule has 0 fully saturated rings. The molecule has 0 spiro atoms. The molecule has 0 aliphatic carbocycles. The van der Waals surface area contributed by atoms with E-state index in [9.17, 15) is 9.18 Å². The largest absolute Gasteiger partial charge is 0.482 e. The van der Waals surface area contributed by atoms with Gasteiger partial charge in [-0.1, -0.05) is 18.2 Å². The quantitative estimate of drug-likeness (QED) is 0.626. The summed E-state index contributed by atoms with van der Waals surface area (Å²) in [6.45, 7) is 1.70. The summed E-state index contributed by atoms with van der Waals surface area (Å²) in [6.07, 6.45) is 0. The summed E-state index contributed by atoms with van der Waals surface area (Å²) >= 11 is 0. The summed E-state index contributed by atoms with van der Waals surface area (Å²) in [4.78, 5) is 11.5. The average Bonchev–Trinajstić information content (AvgIpc) is 2.40. The number of rotatable bonds is 4. The lowest BCUT2D eigenvalue weighted by atomic mass is 10.2. The molecule has 0 bridgehead atoms. The van der Waals surface area contributed by atoms with Crippen molar-refractivity contribution in [2.75, 3.05) is 6.61 Å². The van der Waals surface area contributed by atoms with Crippen LogP contribution in [0.5, 0.6) is 11.5 Å². The maximum atomic E-state index is 12.7. The highest BCUT2D eigenvalue weighted by molar-refractivity contribution is 5.74. The number of ether oxygens (including phenoxy) is 2. The van der Waals surface area contributed by atoms with Crippen LogP contribution in [0.2, 0.25) is 0 Å². The Morgan fingerprint density at radius 2 is 1.79 bits per heavy atom. The Bertz CT molecular complexity index is 564. The van der Waals surface area contributed by atoms with Gasteiger partial charge in [0.25, 0.3) is 0 Å². The van der Waals surface area contributed by atoms with Crippen LogP contribution in [0.25, 0.3) is 0 Å². The van der Waals surface area contributed by atoms with E-state index in [1.165, 1.54) is 24.3 Å². The average molecular weight is 260 g/mol. The summed E-state index contributed by atoms with van der Waals surface area (Å²) in [5, 5.41) is 0. The molecule has 0 amide bonds. The van der Waals surface area contributed by atoms with Crippen LogP contribution >= 0.6 is 0 Å². The lowest BCUT2D eigenvalue weighted by Gasteiger charge is -2.08. The number of halogens is 1. The molecular formula is C15H13FO3. The number of para-hydroxylation sites is 1. The van der Waals surface area contributed by atoms with E-state index in [4.69, 9.17) is 9.47 Å². The second kappa shape index (κ2) is 6.00. The van der Waals surface area contributed by atoms with Gasteiger partial charge in [-0.25, -0.2) is 9.18 Å². The lowest BCUT2D eigenvalue weighted by Crippen LogP contribution is -2.17. The molecule has 98 valence electrons. The van der Waals surface area contributed by atoms with Gasteiger partial charge in [0.1, 0.15) is 17.3 Å². The molecule has 2 aromatic carbocycles. The van der Waals surface area contributed by atoms with E-state index >= 15 is 0 Å². The molecule has 0 aliphatic heterocycles. The highest BCUT2D eigenvalue weighted by Crippen LogP contribution is 2.16. The molecule has 0 saturated carbocycles. The molecule has 2 aromatic rings. The van der Waals surface area contributed by atoms with Crippen molar-refractivity contribution >= 4 is 5.97 Å². The molecule has 19 heavy (non-hydrogen) atoms. The highest BCUT2D eigenvalue weighted by Gasteiger charge is 2.07. The van der Waals surface area contributed by atoms with Crippen LogP contribution in [0, 0.1) is 12.7 Å². The van der Waals surface area contributed by atoms with Crippen LogP contribution < -0.4 is 9.47 Å². The molecular weight excluding hydrogens is 247 g/mol. The summed E-state index contributed by atoms with van der Waals surface area (Å²) < 4.78 is 23.0. The Morgan fingerprint density at radius 3 is 2.47 bits per heavy atom. The Labute approximate surface area is 110 Å². The maximum absolute atomic E-state index is 12.7. The molecule has 0 unspecified atom stereocenters. The van der Waals surface area contributed by atoms with Crippen molar-refractivity contribution in [2.24, 2.45) is 0 Å². The summed E-state index contributed by atoms with van der Waals surface area (Å²) in [7, 11) is 0. The minimum absolute atomic E-state index is 0.192. The van der Waals surface area contributed by atoms with E-state index < -0.39 is 5.97 Å². The summed E-state index contributed by atoms with van der Waals surface area (Å²) in [5.74, 6) is 0.0177. The Hall–Kier alpha value is -2.36. The second-order valence-corrected chi connectivity index (χ2v) is 3.98. The molecule has 0 aromatic heterocycles. The molecule has 3 nitrogen and oxygen atoms in total. The number of aryl methyl sites for hydroxylation is 1. The van der Waals surface area contributed by atoms with Gasteiger partial charge in [0.15, 0.2) is 6.61 Å². The monoisotopic (exact) mass is 260 g/mol. The number of hydrogen-bond acceptors (Lipinski definition) is 3. The van der Waals surface area contributed by atoms with Crippen LogP contribution in [0.3, 0.4) is 0 Å². The third-order valence-electron chi connectivity index (χ3n) is 2.48. The van der Waals surface area contributed by atoms with Gasteiger partial charge in [-0.2, -0.15) is 0 Å². The first-order valence-corrected chi connectivity index (χ1v) is 5.80. The number of esters is 1. The van der Waals surface area contributed by atoms with Crippen molar-refractivity contribution in [1.82, 2.24) is 0 Å². The van der Waals surface area contributed by atoms with E-state index in [0.29, 0.717) is 11.5 Å². The van der Waals surface area contributed by atoms with Crippen molar-refractivity contribution < 1.29 is 18.7 Å². The van der Waals surface area contributed by atoms with Gasteiger partial charge in [0.05, 0.1) is 0 Å². The zero-order valence-electron chi connectivity index (χ0n) is 10.4. The first-order valence-electron chi connectivity index (χ1n) is 5.80. The molecule has 0 heterocycles. The number of hydrogen-bond donors (Lipinski definition) is 0. The van der Waals surface area contributed by atoms with Gasteiger partial charge in [0, 0.05) is 0 Å². The van der Waals surface area contributed by atoms with Crippen molar-refractivity contribution in [3.63, 3.8) is 0 Å². The Morgan fingerprint density at radius 1 is 1.11 bits per heavy atom. The normalized spacial score (nSPS) is 10.0.